The molecule has 0 radical (unpaired) electrons. The molecule has 0 heterocycles. The molecule has 6 heteroatoms. The Kier molecular flexibility index (Phi) is 6.24. The molecule has 1 amide bonds. The van der Waals surface area contributed by atoms with Crippen LogP contribution in [0.2, 0.25) is 0 Å². The number of nitrogens with one attached hydrogen (secondary N) is 2. The van der Waals surface area contributed by atoms with Crippen molar-refractivity contribution in [3.05, 3.63) is 59.7 Å². The topological polar surface area (TPSA) is 75.3 Å². The number of carbonyl (C=O) groups is 1. The lowest BCUT2D eigenvalue weighted by atomic mass is 9.81. The molecule has 0 saturated carbocycles. The van der Waals surface area contributed by atoms with Crippen LogP contribution in [0.5, 0.6) is 0 Å². The number of carbonyl (C=O) groups excluding carboxylic acids is 1. The molecule has 2 rings (SSSR count). The smallest absolute Gasteiger partial charge is 0.261 e. The molecule has 152 valence electrons. The number of aryl methyl sites for hydroxylation is 1. The molecule has 2 aromatic rings. The lowest BCUT2D eigenvalue weighted by Gasteiger charge is -2.33. The number of hydrogen-bond donors (Lipinski definition) is 2. The fourth-order valence-electron chi connectivity index (χ4n) is 3.40. The molecular formula is C22H30N2O3S. The summed E-state index contributed by atoms with van der Waals surface area (Å²) < 4.78 is 27.7. The van der Waals surface area contributed by atoms with Gasteiger partial charge in [-0.2, -0.15) is 0 Å². The molecule has 2 N–H and O–H groups in total. The van der Waals surface area contributed by atoms with Gasteiger partial charge >= 0.3 is 0 Å². The van der Waals surface area contributed by atoms with Gasteiger partial charge in [-0.1, -0.05) is 44.5 Å². The predicted octanol–water partition coefficient (Wildman–Crippen LogP) is 4.74. The lowest BCUT2D eigenvalue weighted by molar-refractivity contribution is 0.0891. The third-order valence-electron chi connectivity index (χ3n) is 4.13. The Balaban J connectivity index is 2.17. The first-order valence-electron chi connectivity index (χ1n) is 9.30. The van der Waals surface area contributed by atoms with Gasteiger partial charge in [0.1, 0.15) is 0 Å². The summed E-state index contributed by atoms with van der Waals surface area (Å²) in [4.78, 5) is 12.9. The van der Waals surface area contributed by atoms with E-state index in [0.29, 0.717) is 11.3 Å². The molecule has 0 aliphatic carbocycles. The van der Waals surface area contributed by atoms with Crippen LogP contribution in [0.15, 0.2) is 53.4 Å². The van der Waals surface area contributed by atoms with Crippen LogP contribution in [0.1, 0.15) is 57.0 Å². The van der Waals surface area contributed by atoms with Gasteiger partial charge in [0, 0.05) is 16.8 Å². The first kappa shape index (κ1) is 22.0. The van der Waals surface area contributed by atoms with E-state index in [9.17, 15) is 13.2 Å². The summed E-state index contributed by atoms with van der Waals surface area (Å²) in [5, 5.41) is 3.04. The molecule has 28 heavy (non-hydrogen) atoms. The quantitative estimate of drug-likeness (QED) is 0.733. The molecule has 0 saturated heterocycles. The first-order chi connectivity index (χ1) is 12.8. The molecule has 0 atom stereocenters. The summed E-state index contributed by atoms with van der Waals surface area (Å²) in [5.41, 5.74) is 1.43. The molecule has 0 spiro atoms. The van der Waals surface area contributed by atoms with E-state index in [1.54, 1.807) is 48.5 Å². The van der Waals surface area contributed by atoms with Crippen molar-refractivity contribution in [2.45, 2.75) is 58.4 Å². The highest BCUT2D eigenvalue weighted by Crippen LogP contribution is 2.27. The van der Waals surface area contributed by atoms with Gasteiger partial charge in [-0.15, -0.1) is 0 Å². The van der Waals surface area contributed by atoms with Crippen molar-refractivity contribution in [3.63, 3.8) is 0 Å². The van der Waals surface area contributed by atoms with Crippen LogP contribution >= 0.6 is 0 Å². The summed E-state index contributed by atoms with van der Waals surface area (Å²) in [6.07, 6.45) is 0.811. The van der Waals surface area contributed by atoms with Crippen LogP contribution in [0.3, 0.4) is 0 Å². The van der Waals surface area contributed by atoms with Crippen LogP contribution in [-0.2, 0) is 10.0 Å². The van der Waals surface area contributed by atoms with Gasteiger partial charge < -0.3 is 5.32 Å². The van der Waals surface area contributed by atoms with E-state index in [1.165, 1.54) is 0 Å². The number of anilines is 1. The summed E-state index contributed by atoms with van der Waals surface area (Å²) in [5.74, 6) is -0.231. The summed E-state index contributed by atoms with van der Waals surface area (Å²) in [6, 6.07) is 13.1. The fourth-order valence-corrected chi connectivity index (χ4v) is 4.45. The highest BCUT2D eigenvalue weighted by molar-refractivity contribution is 7.92. The minimum Gasteiger partial charge on any atom is -0.347 e. The van der Waals surface area contributed by atoms with Gasteiger partial charge in [0.25, 0.3) is 15.9 Å². The zero-order valence-electron chi connectivity index (χ0n) is 17.5. The van der Waals surface area contributed by atoms with Crippen molar-refractivity contribution in [1.29, 1.82) is 0 Å². The Morgan fingerprint density at radius 3 is 2.14 bits per heavy atom. The van der Waals surface area contributed by atoms with Gasteiger partial charge in [-0.3, -0.25) is 9.52 Å². The van der Waals surface area contributed by atoms with Crippen molar-refractivity contribution in [2.24, 2.45) is 5.41 Å². The molecule has 0 fully saturated rings. The van der Waals surface area contributed by atoms with E-state index >= 15 is 0 Å². The Labute approximate surface area is 168 Å². The minimum absolute atomic E-state index is 0.0717. The third kappa shape index (κ3) is 6.37. The molecule has 0 bridgehead atoms. The van der Waals surface area contributed by atoms with E-state index in [2.05, 4.69) is 30.8 Å². The lowest BCUT2D eigenvalue weighted by Crippen LogP contribution is -2.45. The largest absolute Gasteiger partial charge is 0.347 e. The molecule has 0 aliphatic rings. The maximum absolute atomic E-state index is 12.7. The van der Waals surface area contributed by atoms with Crippen LogP contribution in [0.25, 0.3) is 0 Å². The van der Waals surface area contributed by atoms with E-state index in [4.69, 9.17) is 0 Å². The van der Waals surface area contributed by atoms with Gasteiger partial charge in [-0.25, -0.2) is 8.42 Å². The highest BCUT2D eigenvalue weighted by Gasteiger charge is 2.27. The molecule has 5 nitrogen and oxygen atoms in total. The number of sulfonamides is 1. The van der Waals surface area contributed by atoms with Crippen molar-refractivity contribution < 1.29 is 13.2 Å². The second kappa shape index (κ2) is 7.95. The Morgan fingerprint density at radius 1 is 0.964 bits per heavy atom. The van der Waals surface area contributed by atoms with Gasteiger partial charge in [0.15, 0.2) is 0 Å². The molecule has 2 aromatic carbocycles. The maximum Gasteiger partial charge on any atom is 0.261 e. The van der Waals surface area contributed by atoms with Gasteiger partial charge in [0.2, 0.25) is 0 Å². The number of hydrogen-bond acceptors (Lipinski definition) is 3. The van der Waals surface area contributed by atoms with E-state index in [1.807, 2.05) is 20.8 Å². The van der Waals surface area contributed by atoms with E-state index in [0.717, 1.165) is 12.0 Å². The zero-order chi connectivity index (χ0) is 21.2. The highest BCUT2D eigenvalue weighted by atomic mass is 32.2. The summed E-state index contributed by atoms with van der Waals surface area (Å²) in [7, 11) is -3.71. The summed E-state index contributed by atoms with van der Waals surface area (Å²) >= 11 is 0. The minimum atomic E-state index is -3.71. The normalized spacial score (nSPS) is 12.5. The van der Waals surface area contributed by atoms with Crippen LogP contribution in [0, 0.1) is 12.3 Å². The Morgan fingerprint density at radius 2 is 1.57 bits per heavy atom. The first-order valence-corrected chi connectivity index (χ1v) is 10.8. The number of amides is 1. The van der Waals surface area contributed by atoms with Gasteiger partial charge in [-0.05, 0) is 62.9 Å². The Hall–Kier alpha value is -2.34. The summed E-state index contributed by atoms with van der Waals surface area (Å²) in [6.45, 7) is 12.2. The molecule has 0 unspecified atom stereocenters. The van der Waals surface area contributed by atoms with Gasteiger partial charge in [0.05, 0.1) is 4.90 Å². The molecular weight excluding hydrogens is 372 g/mol. The predicted molar refractivity (Wildman–Crippen MR) is 114 cm³/mol. The second-order valence-electron chi connectivity index (χ2n) is 9.07. The zero-order valence-corrected chi connectivity index (χ0v) is 18.3. The van der Waals surface area contributed by atoms with E-state index < -0.39 is 10.0 Å². The SMILES string of the molecule is Cc1ccc(S(=O)(=O)Nc2cccc(C(=O)NC(C)(C)CC(C)(C)C)c2)cc1. The average Bonchev–Trinajstić information content (AvgIpc) is 2.52. The number of benzene rings is 2. The third-order valence-corrected chi connectivity index (χ3v) is 5.53. The molecule has 0 aromatic heterocycles. The monoisotopic (exact) mass is 402 g/mol. The van der Waals surface area contributed by atoms with Crippen molar-refractivity contribution >= 4 is 21.6 Å². The number of rotatable bonds is 6. The molecule has 0 aliphatic heterocycles. The maximum atomic E-state index is 12.7. The van der Waals surface area contributed by atoms with Crippen LogP contribution in [-0.4, -0.2) is 19.9 Å². The average molecular weight is 403 g/mol. The van der Waals surface area contributed by atoms with Crippen LogP contribution in [0.4, 0.5) is 5.69 Å². The Bertz CT molecular complexity index is 940. The van der Waals surface area contributed by atoms with Crippen molar-refractivity contribution in [3.8, 4) is 0 Å². The second-order valence-corrected chi connectivity index (χ2v) is 10.8. The van der Waals surface area contributed by atoms with Crippen LogP contribution < -0.4 is 10.0 Å². The van der Waals surface area contributed by atoms with E-state index in [-0.39, 0.29) is 21.8 Å². The van der Waals surface area contributed by atoms with Crippen molar-refractivity contribution in [1.82, 2.24) is 5.32 Å². The standard InChI is InChI=1S/C22H30N2O3S/c1-16-10-12-19(13-11-16)28(26,27)24-18-9-7-8-17(14-18)20(25)23-22(5,6)15-21(2,3)4/h7-14,24H,15H2,1-6H3,(H,23,25). The van der Waals surface area contributed by atoms with Crippen molar-refractivity contribution in [2.75, 3.05) is 4.72 Å². The fraction of sp³-hybridized carbons (Fsp3) is 0.409.